The largest absolute Gasteiger partial charge is 0.467 e. The van der Waals surface area contributed by atoms with E-state index < -0.39 is 18.0 Å². The van der Waals surface area contributed by atoms with Gasteiger partial charge in [-0.05, 0) is 56.3 Å². The molecule has 0 aliphatic heterocycles. The quantitative estimate of drug-likeness (QED) is 0.470. The van der Waals surface area contributed by atoms with E-state index in [1.165, 1.54) is 36.7 Å². The molecule has 0 aliphatic rings. The van der Waals surface area contributed by atoms with Gasteiger partial charge in [-0.1, -0.05) is 0 Å². The van der Waals surface area contributed by atoms with Crippen LogP contribution < -0.4 is 5.32 Å². The molecule has 7 nitrogen and oxygen atoms in total. The van der Waals surface area contributed by atoms with E-state index in [-0.39, 0.29) is 12.4 Å². The number of aromatic nitrogens is 2. The van der Waals surface area contributed by atoms with Crippen molar-refractivity contribution in [2.24, 2.45) is 0 Å². The lowest BCUT2D eigenvalue weighted by Crippen LogP contribution is -2.35. The summed E-state index contributed by atoms with van der Waals surface area (Å²) in [6.45, 7) is 3.55. The summed E-state index contributed by atoms with van der Waals surface area (Å²) in [4.78, 5) is 25.8. The fourth-order valence-electron chi connectivity index (χ4n) is 2.91. The molecule has 1 aromatic carbocycles. The maximum absolute atomic E-state index is 13.2. The van der Waals surface area contributed by atoms with Crippen molar-refractivity contribution in [3.8, 4) is 5.69 Å². The molecule has 154 valence electrons. The van der Waals surface area contributed by atoms with Crippen LogP contribution in [0.1, 0.15) is 28.0 Å². The zero-order valence-corrected chi connectivity index (χ0v) is 17.0. The van der Waals surface area contributed by atoms with Gasteiger partial charge in [-0.25, -0.2) is 13.9 Å². The van der Waals surface area contributed by atoms with Crippen LogP contribution in [0.3, 0.4) is 0 Å². The number of halogens is 1. The minimum Gasteiger partial charge on any atom is -0.467 e. The number of rotatable bonds is 6. The van der Waals surface area contributed by atoms with Gasteiger partial charge in [0.25, 0.3) is 5.91 Å². The number of carbonyl (C=O) groups is 2. The molecular weight excluding hydrogens is 409 g/mol. The highest BCUT2D eigenvalue weighted by Crippen LogP contribution is 2.31. The van der Waals surface area contributed by atoms with Crippen LogP contribution in [-0.4, -0.2) is 27.8 Å². The molecule has 4 rings (SSSR count). The van der Waals surface area contributed by atoms with Gasteiger partial charge in [-0.2, -0.15) is 5.10 Å². The van der Waals surface area contributed by atoms with Crippen LogP contribution in [0, 0.1) is 12.7 Å². The van der Waals surface area contributed by atoms with Gasteiger partial charge in [0.1, 0.15) is 21.3 Å². The van der Waals surface area contributed by atoms with Crippen molar-refractivity contribution in [2.75, 3.05) is 0 Å². The summed E-state index contributed by atoms with van der Waals surface area (Å²) in [5.41, 5.74) is 1.41. The van der Waals surface area contributed by atoms with Crippen molar-refractivity contribution in [3.63, 3.8) is 0 Å². The Hall–Kier alpha value is -3.46. The molecular formula is C21H18FN3O4S. The summed E-state index contributed by atoms with van der Waals surface area (Å²) in [7, 11) is 0. The minimum atomic E-state index is -0.965. The van der Waals surface area contributed by atoms with Crippen LogP contribution >= 0.6 is 11.3 Å². The summed E-state index contributed by atoms with van der Waals surface area (Å²) < 4.78 is 25.4. The summed E-state index contributed by atoms with van der Waals surface area (Å²) in [5.74, 6) is -0.753. The molecule has 1 amide bonds. The number of benzene rings is 1. The maximum atomic E-state index is 13.2. The van der Waals surface area contributed by atoms with E-state index in [4.69, 9.17) is 9.15 Å². The number of hydrogen-bond acceptors (Lipinski definition) is 6. The molecule has 0 aliphatic carbocycles. The number of aryl methyl sites for hydroxylation is 1. The minimum absolute atomic E-state index is 0.212. The number of thiophene rings is 1. The Labute approximate surface area is 175 Å². The molecule has 0 fully saturated rings. The van der Waals surface area contributed by atoms with Crippen LogP contribution in [0.15, 0.2) is 53.1 Å². The Balaban J connectivity index is 1.48. The predicted molar refractivity (Wildman–Crippen MR) is 109 cm³/mol. The van der Waals surface area contributed by atoms with Crippen molar-refractivity contribution < 1.29 is 23.1 Å². The first-order valence-electron chi connectivity index (χ1n) is 9.18. The van der Waals surface area contributed by atoms with Crippen LogP contribution in [-0.2, 0) is 16.1 Å². The topological polar surface area (TPSA) is 86.4 Å². The molecule has 3 heterocycles. The number of amides is 1. The molecule has 0 saturated heterocycles. The standard InChI is InChI=1S/C21H18FN3O4S/c1-12-17-10-18(30-20(17)25(24-12)15-7-5-14(22)6-8-15)21(27)29-13(2)19(26)23-11-16-4-3-9-28-16/h3-10,13H,11H2,1-2H3,(H,23,26). The highest BCUT2D eigenvalue weighted by Gasteiger charge is 2.22. The van der Waals surface area contributed by atoms with Crippen LogP contribution in [0.5, 0.6) is 0 Å². The van der Waals surface area contributed by atoms with Crippen LogP contribution in [0.25, 0.3) is 15.9 Å². The molecule has 4 aromatic rings. The Kier molecular flexibility index (Phi) is 5.37. The van der Waals surface area contributed by atoms with Crippen molar-refractivity contribution in [1.29, 1.82) is 0 Å². The summed E-state index contributed by atoms with van der Waals surface area (Å²) in [5, 5.41) is 7.92. The molecule has 1 N–H and O–H groups in total. The second-order valence-electron chi connectivity index (χ2n) is 6.65. The number of ether oxygens (including phenoxy) is 1. The number of carbonyl (C=O) groups excluding carboxylic acids is 2. The monoisotopic (exact) mass is 427 g/mol. The fraction of sp³-hybridized carbons (Fsp3) is 0.190. The van der Waals surface area contributed by atoms with Crippen molar-refractivity contribution in [2.45, 2.75) is 26.5 Å². The van der Waals surface area contributed by atoms with Gasteiger partial charge in [0, 0.05) is 5.39 Å². The lowest BCUT2D eigenvalue weighted by molar-refractivity contribution is -0.129. The van der Waals surface area contributed by atoms with Crippen LogP contribution in [0.4, 0.5) is 4.39 Å². The Morgan fingerprint density at radius 2 is 2.07 bits per heavy atom. The van der Waals surface area contributed by atoms with Crippen LogP contribution in [0.2, 0.25) is 0 Å². The maximum Gasteiger partial charge on any atom is 0.349 e. The van der Waals surface area contributed by atoms with E-state index in [0.29, 0.717) is 16.3 Å². The van der Waals surface area contributed by atoms with E-state index in [1.54, 1.807) is 35.0 Å². The zero-order chi connectivity index (χ0) is 21.3. The molecule has 30 heavy (non-hydrogen) atoms. The normalized spacial score (nSPS) is 12.1. The molecule has 0 spiro atoms. The number of furan rings is 1. The van der Waals surface area contributed by atoms with E-state index in [2.05, 4.69) is 10.4 Å². The van der Waals surface area contributed by atoms with Gasteiger partial charge >= 0.3 is 5.97 Å². The second kappa shape index (κ2) is 8.11. The third-order valence-corrected chi connectivity index (χ3v) is 5.58. The SMILES string of the molecule is Cc1nn(-c2ccc(F)cc2)c2sc(C(=O)OC(C)C(=O)NCc3ccco3)cc12. The Bertz CT molecular complexity index is 1200. The molecule has 0 bridgehead atoms. The first-order valence-corrected chi connectivity index (χ1v) is 10.00. The number of hydrogen-bond donors (Lipinski definition) is 1. The Morgan fingerprint density at radius 1 is 1.30 bits per heavy atom. The van der Waals surface area contributed by atoms with E-state index in [0.717, 1.165) is 15.9 Å². The average Bonchev–Trinajstić information content (AvgIpc) is 3.45. The number of fused-ring (bicyclic) bond motifs is 1. The number of nitrogens with zero attached hydrogens (tertiary/aromatic N) is 2. The van der Waals surface area contributed by atoms with Gasteiger partial charge in [-0.15, -0.1) is 11.3 Å². The van der Waals surface area contributed by atoms with E-state index >= 15 is 0 Å². The summed E-state index contributed by atoms with van der Waals surface area (Å²) in [6.07, 6.45) is 0.550. The first-order chi connectivity index (χ1) is 14.4. The highest BCUT2D eigenvalue weighted by molar-refractivity contribution is 7.20. The van der Waals surface area contributed by atoms with E-state index in [9.17, 15) is 14.0 Å². The number of nitrogens with one attached hydrogen (secondary N) is 1. The van der Waals surface area contributed by atoms with Gasteiger partial charge < -0.3 is 14.5 Å². The third kappa shape index (κ3) is 3.97. The van der Waals surface area contributed by atoms with Gasteiger partial charge in [0.15, 0.2) is 6.10 Å². The summed E-state index contributed by atoms with van der Waals surface area (Å²) in [6, 6.07) is 11.1. The zero-order valence-electron chi connectivity index (χ0n) is 16.2. The van der Waals surface area contributed by atoms with Crippen molar-refractivity contribution >= 4 is 33.4 Å². The highest BCUT2D eigenvalue weighted by atomic mass is 32.1. The van der Waals surface area contributed by atoms with Crippen molar-refractivity contribution in [1.82, 2.24) is 15.1 Å². The summed E-state index contributed by atoms with van der Waals surface area (Å²) >= 11 is 1.20. The van der Waals surface area contributed by atoms with Crippen molar-refractivity contribution in [3.05, 3.63) is 70.9 Å². The molecule has 1 atom stereocenters. The second-order valence-corrected chi connectivity index (χ2v) is 7.68. The predicted octanol–water partition coefficient (Wildman–Crippen LogP) is 3.99. The third-order valence-electron chi connectivity index (χ3n) is 4.49. The fourth-order valence-corrected chi connectivity index (χ4v) is 3.97. The first kappa shape index (κ1) is 19.8. The molecule has 3 aromatic heterocycles. The van der Waals surface area contributed by atoms with Gasteiger partial charge in [0.05, 0.1) is 24.2 Å². The molecule has 0 radical (unpaired) electrons. The molecule has 0 saturated carbocycles. The van der Waals surface area contributed by atoms with Gasteiger partial charge in [-0.3, -0.25) is 4.79 Å². The average molecular weight is 427 g/mol. The molecule has 1 unspecified atom stereocenters. The van der Waals surface area contributed by atoms with Gasteiger partial charge in [0.2, 0.25) is 0 Å². The smallest absolute Gasteiger partial charge is 0.349 e. The van der Waals surface area contributed by atoms with E-state index in [1.807, 2.05) is 6.92 Å². The lowest BCUT2D eigenvalue weighted by Gasteiger charge is -2.12. The Morgan fingerprint density at radius 3 is 2.77 bits per heavy atom. The lowest BCUT2D eigenvalue weighted by atomic mass is 10.3. The number of esters is 1. The molecule has 9 heteroatoms.